The van der Waals surface area contributed by atoms with Gasteiger partial charge in [0.1, 0.15) is 0 Å². The molecule has 0 radical (unpaired) electrons. The van der Waals surface area contributed by atoms with Crippen LogP contribution >= 0.6 is 0 Å². The molecule has 2 aromatic rings. The second-order valence-electron chi connectivity index (χ2n) is 5.56. The zero-order chi connectivity index (χ0) is 15.6. The lowest BCUT2D eigenvalue weighted by molar-refractivity contribution is 0.0697. The first-order valence-corrected chi connectivity index (χ1v) is 7.06. The van der Waals surface area contributed by atoms with Gasteiger partial charge in [0.05, 0.1) is 5.56 Å². The van der Waals surface area contributed by atoms with Crippen molar-refractivity contribution in [2.24, 2.45) is 0 Å². The second kappa shape index (κ2) is 6.00. The number of anilines is 1. The van der Waals surface area contributed by atoms with E-state index in [1.165, 1.54) is 16.7 Å². The predicted molar refractivity (Wildman–Crippen MR) is 86.1 cm³/mol. The van der Waals surface area contributed by atoms with Gasteiger partial charge in [0.15, 0.2) is 0 Å². The summed E-state index contributed by atoms with van der Waals surface area (Å²) < 4.78 is 0. The smallest absolute Gasteiger partial charge is 0.335 e. The summed E-state index contributed by atoms with van der Waals surface area (Å²) in [6.07, 6.45) is 0. The average Bonchev–Trinajstić information content (AvgIpc) is 2.43. The van der Waals surface area contributed by atoms with Crippen molar-refractivity contribution in [3.63, 3.8) is 0 Å². The van der Waals surface area contributed by atoms with E-state index in [-0.39, 0.29) is 6.04 Å². The molecule has 0 fully saturated rings. The van der Waals surface area contributed by atoms with Crippen molar-refractivity contribution in [1.29, 1.82) is 0 Å². The maximum absolute atomic E-state index is 11.0. The van der Waals surface area contributed by atoms with Gasteiger partial charge in [-0.15, -0.1) is 0 Å². The highest BCUT2D eigenvalue weighted by Gasteiger charge is 2.11. The van der Waals surface area contributed by atoms with Crippen LogP contribution in [0.15, 0.2) is 36.4 Å². The molecule has 0 aromatic heterocycles. The van der Waals surface area contributed by atoms with Crippen molar-refractivity contribution in [2.75, 3.05) is 5.32 Å². The molecule has 110 valence electrons. The Bertz CT molecular complexity index is 677. The van der Waals surface area contributed by atoms with E-state index in [1.807, 2.05) is 13.0 Å². The SMILES string of the molecule is Cc1ccc(C)c(C(C)Nc2ccc(C(=O)O)cc2C)c1. The summed E-state index contributed by atoms with van der Waals surface area (Å²) in [6.45, 7) is 8.23. The second-order valence-corrected chi connectivity index (χ2v) is 5.56. The van der Waals surface area contributed by atoms with Crippen LogP contribution in [0.5, 0.6) is 0 Å². The van der Waals surface area contributed by atoms with Crippen molar-refractivity contribution in [3.8, 4) is 0 Å². The molecule has 0 aliphatic carbocycles. The van der Waals surface area contributed by atoms with Crippen LogP contribution in [-0.4, -0.2) is 11.1 Å². The van der Waals surface area contributed by atoms with Gasteiger partial charge in [0, 0.05) is 11.7 Å². The van der Waals surface area contributed by atoms with Crippen LogP contribution in [0.25, 0.3) is 0 Å². The Kier molecular flexibility index (Phi) is 4.32. The molecule has 0 saturated carbocycles. The van der Waals surface area contributed by atoms with Crippen LogP contribution in [0, 0.1) is 20.8 Å². The Morgan fingerprint density at radius 2 is 1.76 bits per heavy atom. The average molecular weight is 283 g/mol. The number of aromatic carboxylic acids is 1. The van der Waals surface area contributed by atoms with E-state index < -0.39 is 5.97 Å². The van der Waals surface area contributed by atoms with Gasteiger partial charge in [0.2, 0.25) is 0 Å². The third-order valence-corrected chi connectivity index (χ3v) is 3.75. The number of benzene rings is 2. The summed E-state index contributed by atoms with van der Waals surface area (Å²) >= 11 is 0. The van der Waals surface area contributed by atoms with E-state index in [4.69, 9.17) is 5.11 Å². The molecular weight excluding hydrogens is 262 g/mol. The number of rotatable bonds is 4. The number of carbonyl (C=O) groups is 1. The molecule has 0 aliphatic heterocycles. The predicted octanol–water partition coefficient (Wildman–Crippen LogP) is 4.48. The molecule has 3 heteroatoms. The maximum atomic E-state index is 11.0. The van der Waals surface area contributed by atoms with Gasteiger partial charge in [0.25, 0.3) is 0 Å². The van der Waals surface area contributed by atoms with Crippen molar-refractivity contribution >= 4 is 11.7 Å². The zero-order valence-corrected chi connectivity index (χ0v) is 12.9. The number of carboxylic acid groups (broad SMARTS) is 1. The Morgan fingerprint density at radius 3 is 2.38 bits per heavy atom. The summed E-state index contributed by atoms with van der Waals surface area (Å²) in [5, 5.41) is 12.5. The van der Waals surface area contributed by atoms with Gasteiger partial charge in [-0.05, 0) is 62.6 Å². The fourth-order valence-electron chi connectivity index (χ4n) is 2.50. The Balaban J connectivity index is 2.25. The lowest BCUT2D eigenvalue weighted by atomic mass is 9.99. The highest BCUT2D eigenvalue weighted by Crippen LogP contribution is 2.25. The Labute approximate surface area is 125 Å². The summed E-state index contributed by atoms with van der Waals surface area (Å²) in [7, 11) is 0. The Hall–Kier alpha value is -2.29. The van der Waals surface area contributed by atoms with Crippen molar-refractivity contribution < 1.29 is 9.90 Å². The van der Waals surface area contributed by atoms with Crippen molar-refractivity contribution in [3.05, 3.63) is 64.2 Å². The number of aryl methyl sites for hydroxylation is 3. The zero-order valence-electron chi connectivity index (χ0n) is 12.9. The Morgan fingerprint density at radius 1 is 1.05 bits per heavy atom. The van der Waals surface area contributed by atoms with Crippen molar-refractivity contribution in [2.45, 2.75) is 33.7 Å². The standard InChI is InChI=1S/C18H21NO2/c1-11-5-6-12(2)16(9-11)14(4)19-17-8-7-15(18(20)21)10-13(17)3/h5-10,14,19H,1-4H3,(H,20,21). The third kappa shape index (κ3) is 3.43. The van der Waals surface area contributed by atoms with Gasteiger partial charge in [-0.1, -0.05) is 23.8 Å². The number of carboxylic acids is 1. The molecule has 0 saturated heterocycles. The van der Waals surface area contributed by atoms with E-state index >= 15 is 0 Å². The summed E-state index contributed by atoms with van der Waals surface area (Å²) in [4.78, 5) is 11.0. The molecule has 2 N–H and O–H groups in total. The first-order valence-electron chi connectivity index (χ1n) is 7.06. The van der Waals surface area contributed by atoms with E-state index in [9.17, 15) is 4.79 Å². The quantitative estimate of drug-likeness (QED) is 0.869. The van der Waals surface area contributed by atoms with Crippen LogP contribution < -0.4 is 5.32 Å². The molecule has 2 aromatic carbocycles. The minimum Gasteiger partial charge on any atom is -0.478 e. The largest absolute Gasteiger partial charge is 0.478 e. The van der Waals surface area contributed by atoms with Crippen LogP contribution in [0.3, 0.4) is 0 Å². The molecule has 3 nitrogen and oxygen atoms in total. The third-order valence-electron chi connectivity index (χ3n) is 3.75. The summed E-state index contributed by atoms with van der Waals surface area (Å²) in [6, 6.07) is 11.8. The number of hydrogen-bond donors (Lipinski definition) is 2. The lowest BCUT2D eigenvalue weighted by Crippen LogP contribution is -2.10. The van der Waals surface area contributed by atoms with E-state index in [0.29, 0.717) is 5.56 Å². The molecule has 1 unspecified atom stereocenters. The summed E-state index contributed by atoms with van der Waals surface area (Å²) in [5.74, 6) is -0.896. The number of nitrogens with one attached hydrogen (secondary N) is 1. The molecule has 0 heterocycles. The van der Waals surface area contributed by atoms with Crippen LogP contribution in [0.2, 0.25) is 0 Å². The van der Waals surface area contributed by atoms with Gasteiger partial charge in [-0.25, -0.2) is 4.79 Å². The van der Waals surface area contributed by atoms with E-state index in [2.05, 4.69) is 44.3 Å². The molecule has 2 rings (SSSR count). The van der Waals surface area contributed by atoms with Gasteiger partial charge in [-0.2, -0.15) is 0 Å². The first kappa shape index (κ1) is 15.1. The molecule has 0 spiro atoms. The summed E-state index contributed by atoms with van der Waals surface area (Å²) in [5.41, 5.74) is 5.97. The number of hydrogen-bond acceptors (Lipinski definition) is 2. The minimum absolute atomic E-state index is 0.166. The van der Waals surface area contributed by atoms with Crippen LogP contribution in [0.4, 0.5) is 5.69 Å². The highest BCUT2D eigenvalue weighted by molar-refractivity contribution is 5.88. The normalized spacial score (nSPS) is 12.0. The molecular formula is C18H21NO2. The van der Waals surface area contributed by atoms with Crippen LogP contribution in [-0.2, 0) is 0 Å². The topological polar surface area (TPSA) is 49.3 Å². The minimum atomic E-state index is -0.896. The van der Waals surface area contributed by atoms with Gasteiger partial charge in [-0.3, -0.25) is 0 Å². The molecule has 21 heavy (non-hydrogen) atoms. The maximum Gasteiger partial charge on any atom is 0.335 e. The molecule has 0 amide bonds. The fourth-order valence-corrected chi connectivity index (χ4v) is 2.50. The molecule has 0 bridgehead atoms. The highest BCUT2D eigenvalue weighted by atomic mass is 16.4. The molecule has 0 aliphatic rings. The van der Waals surface area contributed by atoms with Crippen LogP contribution in [0.1, 0.15) is 45.6 Å². The van der Waals surface area contributed by atoms with E-state index in [1.54, 1.807) is 12.1 Å². The van der Waals surface area contributed by atoms with Crippen molar-refractivity contribution in [1.82, 2.24) is 0 Å². The lowest BCUT2D eigenvalue weighted by Gasteiger charge is -2.20. The molecule has 1 atom stereocenters. The first-order chi connectivity index (χ1) is 9.88. The fraction of sp³-hybridized carbons (Fsp3) is 0.278. The van der Waals surface area contributed by atoms with Gasteiger partial charge < -0.3 is 10.4 Å². The van der Waals surface area contributed by atoms with E-state index in [0.717, 1.165) is 11.3 Å². The monoisotopic (exact) mass is 283 g/mol. The van der Waals surface area contributed by atoms with Gasteiger partial charge >= 0.3 is 5.97 Å².